The predicted molar refractivity (Wildman–Crippen MR) is 105 cm³/mol. The van der Waals surface area contributed by atoms with E-state index in [9.17, 15) is 4.79 Å². The molecule has 1 amide bonds. The molecule has 0 radical (unpaired) electrons. The van der Waals surface area contributed by atoms with E-state index >= 15 is 0 Å². The molecule has 142 valence electrons. The van der Waals surface area contributed by atoms with Gasteiger partial charge in [-0.3, -0.25) is 4.79 Å². The first-order valence-corrected chi connectivity index (χ1v) is 10.0. The van der Waals surface area contributed by atoms with Crippen molar-refractivity contribution in [2.24, 2.45) is 5.92 Å². The van der Waals surface area contributed by atoms with E-state index in [0.29, 0.717) is 5.92 Å². The summed E-state index contributed by atoms with van der Waals surface area (Å²) >= 11 is 0. The SMILES string of the molecule is CO[C@H](C(=O)N(CCN1CCCC1)C[C@@H]1CC=CCC1)c1ccccc1. The normalized spacial score (nSPS) is 21.7. The Morgan fingerprint density at radius 2 is 2.00 bits per heavy atom. The average molecular weight is 357 g/mol. The number of ether oxygens (including phenoxy) is 1. The van der Waals surface area contributed by atoms with Crippen LogP contribution in [0.5, 0.6) is 0 Å². The van der Waals surface area contributed by atoms with Crippen LogP contribution in [0.4, 0.5) is 0 Å². The van der Waals surface area contributed by atoms with Gasteiger partial charge in [-0.1, -0.05) is 42.5 Å². The van der Waals surface area contributed by atoms with Gasteiger partial charge in [0.2, 0.25) is 0 Å². The Kier molecular flexibility index (Phi) is 7.27. The second kappa shape index (κ2) is 9.89. The monoisotopic (exact) mass is 356 g/mol. The van der Waals surface area contributed by atoms with Crippen LogP contribution in [0.25, 0.3) is 0 Å². The van der Waals surface area contributed by atoms with Crippen molar-refractivity contribution in [2.45, 2.75) is 38.2 Å². The number of benzene rings is 1. The number of likely N-dealkylation sites (tertiary alicyclic amines) is 1. The van der Waals surface area contributed by atoms with Crippen LogP contribution in [-0.2, 0) is 9.53 Å². The lowest BCUT2D eigenvalue weighted by Crippen LogP contribution is -2.43. The number of amides is 1. The molecular formula is C22H32N2O2. The van der Waals surface area contributed by atoms with Crippen molar-refractivity contribution in [1.29, 1.82) is 0 Å². The molecule has 26 heavy (non-hydrogen) atoms. The number of methoxy groups -OCH3 is 1. The number of hydrogen-bond acceptors (Lipinski definition) is 3. The Labute approximate surface area is 157 Å². The van der Waals surface area contributed by atoms with Gasteiger partial charge < -0.3 is 14.5 Å². The molecule has 0 unspecified atom stereocenters. The number of allylic oxidation sites excluding steroid dienone is 2. The molecule has 1 aliphatic carbocycles. The lowest BCUT2D eigenvalue weighted by molar-refractivity contribution is -0.143. The summed E-state index contributed by atoms with van der Waals surface area (Å²) in [4.78, 5) is 17.9. The summed E-state index contributed by atoms with van der Waals surface area (Å²) in [6.45, 7) is 4.94. The molecule has 0 saturated carbocycles. The van der Waals surface area contributed by atoms with Gasteiger partial charge in [0, 0.05) is 26.7 Å². The molecule has 4 heteroatoms. The third-order valence-electron chi connectivity index (χ3n) is 5.62. The summed E-state index contributed by atoms with van der Waals surface area (Å²) in [5, 5.41) is 0. The van der Waals surface area contributed by atoms with Crippen LogP contribution >= 0.6 is 0 Å². The fourth-order valence-corrected chi connectivity index (χ4v) is 4.07. The smallest absolute Gasteiger partial charge is 0.256 e. The molecule has 1 aromatic rings. The third kappa shape index (κ3) is 5.18. The minimum absolute atomic E-state index is 0.104. The van der Waals surface area contributed by atoms with Crippen molar-refractivity contribution in [1.82, 2.24) is 9.80 Å². The largest absolute Gasteiger partial charge is 0.367 e. The molecular weight excluding hydrogens is 324 g/mol. The highest BCUT2D eigenvalue weighted by atomic mass is 16.5. The lowest BCUT2D eigenvalue weighted by Gasteiger charge is -2.32. The summed E-state index contributed by atoms with van der Waals surface area (Å²) in [5.41, 5.74) is 0.940. The molecule has 0 N–H and O–H groups in total. The fraction of sp³-hybridized carbons (Fsp3) is 0.591. The number of nitrogens with zero attached hydrogens (tertiary/aromatic N) is 2. The van der Waals surface area contributed by atoms with E-state index in [1.807, 2.05) is 30.3 Å². The average Bonchev–Trinajstić information content (AvgIpc) is 3.21. The Balaban J connectivity index is 1.68. The highest BCUT2D eigenvalue weighted by molar-refractivity contribution is 5.82. The highest BCUT2D eigenvalue weighted by Crippen LogP contribution is 2.24. The van der Waals surface area contributed by atoms with Gasteiger partial charge in [-0.25, -0.2) is 0 Å². The van der Waals surface area contributed by atoms with Crippen LogP contribution in [0.2, 0.25) is 0 Å². The Morgan fingerprint density at radius 3 is 2.65 bits per heavy atom. The zero-order valence-electron chi connectivity index (χ0n) is 16.0. The van der Waals surface area contributed by atoms with Crippen LogP contribution in [-0.4, -0.2) is 55.5 Å². The maximum atomic E-state index is 13.3. The number of carbonyl (C=O) groups is 1. The first-order valence-electron chi connectivity index (χ1n) is 10.0. The Bertz CT molecular complexity index is 581. The third-order valence-corrected chi connectivity index (χ3v) is 5.62. The molecule has 0 spiro atoms. The summed E-state index contributed by atoms with van der Waals surface area (Å²) < 4.78 is 5.62. The van der Waals surface area contributed by atoms with Crippen molar-refractivity contribution >= 4 is 5.91 Å². The highest BCUT2D eigenvalue weighted by Gasteiger charge is 2.28. The van der Waals surface area contributed by atoms with E-state index in [1.165, 1.54) is 32.4 Å². The van der Waals surface area contributed by atoms with E-state index in [1.54, 1.807) is 7.11 Å². The molecule has 1 saturated heterocycles. The van der Waals surface area contributed by atoms with E-state index < -0.39 is 6.10 Å². The zero-order valence-corrected chi connectivity index (χ0v) is 16.0. The molecule has 1 aliphatic heterocycles. The molecule has 3 rings (SSSR count). The van der Waals surface area contributed by atoms with Gasteiger partial charge >= 0.3 is 0 Å². The molecule has 1 fully saturated rings. The van der Waals surface area contributed by atoms with Crippen LogP contribution in [0.1, 0.15) is 43.8 Å². The van der Waals surface area contributed by atoms with Crippen LogP contribution in [0.15, 0.2) is 42.5 Å². The van der Waals surface area contributed by atoms with E-state index in [-0.39, 0.29) is 5.91 Å². The molecule has 2 aliphatic rings. The lowest BCUT2D eigenvalue weighted by atomic mass is 9.93. The van der Waals surface area contributed by atoms with Crippen LogP contribution < -0.4 is 0 Å². The number of rotatable bonds is 8. The van der Waals surface area contributed by atoms with Crippen molar-refractivity contribution in [2.75, 3.05) is 39.8 Å². The van der Waals surface area contributed by atoms with Gasteiger partial charge in [0.05, 0.1) is 0 Å². The number of carbonyl (C=O) groups excluding carboxylic acids is 1. The minimum Gasteiger partial charge on any atom is -0.367 e. The summed E-state index contributed by atoms with van der Waals surface area (Å²) in [5.74, 6) is 0.670. The molecule has 2 atom stereocenters. The molecule has 0 aromatic heterocycles. The first kappa shape index (κ1) is 19.1. The van der Waals surface area contributed by atoms with Gasteiger partial charge in [0.25, 0.3) is 5.91 Å². The van der Waals surface area contributed by atoms with Crippen molar-refractivity contribution in [3.05, 3.63) is 48.0 Å². The van der Waals surface area contributed by atoms with E-state index in [2.05, 4.69) is 22.0 Å². The van der Waals surface area contributed by atoms with Gasteiger partial charge in [0.1, 0.15) is 0 Å². The second-order valence-corrected chi connectivity index (χ2v) is 7.51. The topological polar surface area (TPSA) is 32.8 Å². The molecule has 0 bridgehead atoms. The summed E-state index contributed by atoms with van der Waals surface area (Å²) in [6, 6.07) is 9.87. The quantitative estimate of drug-likeness (QED) is 0.667. The zero-order chi connectivity index (χ0) is 18.2. The first-order chi connectivity index (χ1) is 12.8. The van der Waals surface area contributed by atoms with Gasteiger partial charge in [-0.2, -0.15) is 0 Å². The molecule has 1 aromatic carbocycles. The van der Waals surface area contributed by atoms with Crippen molar-refractivity contribution in [3.8, 4) is 0 Å². The van der Waals surface area contributed by atoms with E-state index in [4.69, 9.17) is 4.74 Å². The maximum absolute atomic E-state index is 13.3. The fourth-order valence-electron chi connectivity index (χ4n) is 4.07. The molecule has 1 heterocycles. The van der Waals surface area contributed by atoms with Crippen LogP contribution in [0, 0.1) is 5.92 Å². The molecule has 4 nitrogen and oxygen atoms in total. The van der Waals surface area contributed by atoms with Crippen LogP contribution in [0.3, 0.4) is 0 Å². The van der Waals surface area contributed by atoms with Gasteiger partial charge in [-0.15, -0.1) is 0 Å². The van der Waals surface area contributed by atoms with Gasteiger partial charge in [-0.05, 0) is 56.7 Å². The van der Waals surface area contributed by atoms with Crippen molar-refractivity contribution in [3.63, 3.8) is 0 Å². The Hall–Kier alpha value is -1.65. The number of hydrogen-bond donors (Lipinski definition) is 0. The van der Waals surface area contributed by atoms with E-state index in [0.717, 1.165) is 38.0 Å². The van der Waals surface area contributed by atoms with Crippen molar-refractivity contribution < 1.29 is 9.53 Å². The standard InChI is InChI=1S/C22H32N2O2/c1-26-21(20-12-6-3-7-13-20)22(25)24(17-16-23-14-8-9-15-23)18-19-10-4-2-5-11-19/h2-4,6-7,12-13,19,21H,5,8-11,14-18H2,1H3/t19-,21+/m1/s1. The predicted octanol–water partition coefficient (Wildman–Crippen LogP) is 3.65. The summed E-state index contributed by atoms with van der Waals surface area (Å²) in [7, 11) is 1.64. The van der Waals surface area contributed by atoms with Gasteiger partial charge in [0.15, 0.2) is 6.10 Å². The minimum atomic E-state index is -0.506. The second-order valence-electron chi connectivity index (χ2n) is 7.51. The summed E-state index contributed by atoms with van der Waals surface area (Å²) in [6.07, 6.45) is 9.97. The Morgan fingerprint density at radius 1 is 1.23 bits per heavy atom. The maximum Gasteiger partial charge on any atom is 0.256 e.